The first-order valence-corrected chi connectivity index (χ1v) is 7.05. The summed E-state index contributed by atoms with van der Waals surface area (Å²) in [5.74, 6) is -0.375. The summed E-state index contributed by atoms with van der Waals surface area (Å²) in [6.45, 7) is 0.318. The highest BCUT2D eigenvalue weighted by Gasteiger charge is 2.25. The fraction of sp³-hybridized carbons (Fsp3) is 0.188. The van der Waals surface area contributed by atoms with Crippen LogP contribution in [0, 0.1) is 5.82 Å². The van der Waals surface area contributed by atoms with Crippen LogP contribution in [0.5, 0.6) is 0 Å². The quantitative estimate of drug-likeness (QED) is 0.863. The van der Waals surface area contributed by atoms with Crippen molar-refractivity contribution in [2.75, 3.05) is 10.6 Å². The molecule has 2 aromatic rings. The minimum Gasteiger partial charge on any atom is -0.398 e. The number of benzene rings is 2. The number of nitrogen functional groups attached to an aromatic ring is 1. The molecule has 0 spiro atoms. The van der Waals surface area contributed by atoms with Gasteiger partial charge >= 0.3 is 0 Å². The predicted octanol–water partition coefficient (Wildman–Crippen LogP) is 3.54. The lowest BCUT2D eigenvalue weighted by Gasteiger charge is -2.30. The number of hydrogen-bond acceptors (Lipinski definition) is 2. The Morgan fingerprint density at radius 2 is 2.00 bits per heavy atom. The highest BCUT2D eigenvalue weighted by Crippen LogP contribution is 2.31. The zero-order valence-corrected chi connectivity index (χ0v) is 12.0. The molecule has 0 saturated carbocycles. The second-order valence-electron chi connectivity index (χ2n) is 5.10. The van der Waals surface area contributed by atoms with E-state index in [0.29, 0.717) is 35.8 Å². The van der Waals surface area contributed by atoms with Gasteiger partial charge in [-0.15, -0.1) is 0 Å². The molecule has 108 valence electrons. The van der Waals surface area contributed by atoms with Gasteiger partial charge in [-0.25, -0.2) is 4.39 Å². The van der Waals surface area contributed by atoms with Crippen molar-refractivity contribution in [3.8, 4) is 0 Å². The number of rotatable bonds is 2. The van der Waals surface area contributed by atoms with Crippen molar-refractivity contribution in [1.29, 1.82) is 0 Å². The summed E-state index contributed by atoms with van der Waals surface area (Å²) in [7, 11) is 0. The monoisotopic (exact) mass is 304 g/mol. The molecule has 1 heterocycles. The Hall–Kier alpha value is -2.07. The summed E-state index contributed by atoms with van der Waals surface area (Å²) in [5, 5.41) is 0.549. The van der Waals surface area contributed by atoms with Gasteiger partial charge < -0.3 is 10.6 Å². The summed E-state index contributed by atoms with van der Waals surface area (Å²) < 4.78 is 13.5. The highest BCUT2D eigenvalue weighted by atomic mass is 35.5. The van der Waals surface area contributed by atoms with Gasteiger partial charge in [0.15, 0.2) is 0 Å². The zero-order chi connectivity index (χ0) is 15.0. The van der Waals surface area contributed by atoms with Crippen molar-refractivity contribution in [3.05, 3.63) is 58.4 Å². The molecule has 0 fully saturated rings. The van der Waals surface area contributed by atoms with Crippen LogP contribution in [0.3, 0.4) is 0 Å². The molecule has 0 unspecified atom stereocenters. The Kier molecular flexibility index (Phi) is 3.55. The van der Waals surface area contributed by atoms with E-state index < -0.39 is 0 Å². The lowest BCUT2D eigenvalue weighted by molar-refractivity contribution is -0.119. The van der Waals surface area contributed by atoms with Crippen LogP contribution in [-0.2, 0) is 17.8 Å². The van der Waals surface area contributed by atoms with Gasteiger partial charge in [0.05, 0.1) is 12.2 Å². The molecule has 3 nitrogen and oxygen atoms in total. The number of carbonyl (C=O) groups is 1. The van der Waals surface area contributed by atoms with Crippen LogP contribution in [-0.4, -0.2) is 5.91 Å². The van der Waals surface area contributed by atoms with Crippen molar-refractivity contribution in [2.45, 2.75) is 19.4 Å². The third kappa shape index (κ3) is 2.72. The van der Waals surface area contributed by atoms with Gasteiger partial charge in [-0.3, -0.25) is 4.79 Å². The molecule has 1 aliphatic heterocycles. The van der Waals surface area contributed by atoms with E-state index in [9.17, 15) is 9.18 Å². The molecular formula is C16H14ClFN2O. The van der Waals surface area contributed by atoms with Crippen LogP contribution in [0.1, 0.15) is 17.5 Å². The SMILES string of the molecule is Nc1cc(Cl)ccc1CN1C(=O)CCc2ccc(F)cc21. The van der Waals surface area contributed by atoms with Crippen LogP contribution in [0.15, 0.2) is 36.4 Å². The zero-order valence-electron chi connectivity index (χ0n) is 11.3. The third-order valence-corrected chi connectivity index (χ3v) is 3.92. The van der Waals surface area contributed by atoms with Gasteiger partial charge in [-0.05, 0) is 41.8 Å². The van der Waals surface area contributed by atoms with E-state index in [4.69, 9.17) is 17.3 Å². The Balaban J connectivity index is 1.98. The highest BCUT2D eigenvalue weighted by molar-refractivity contribution is 6.30. The third-order valence-electron chi connectivity index (χ3n) is 3.68. The van der Waals surface area contributed by atoms with E-state index >= 15 is 0 Å². The standard InChI is InChI=1S/C16H14ClFN2O/c17-12-4-1-11(14(19)7-12)9-20-15-8-13(18)5-2-10(15)3-6-16(20)21/h1-2,4-5,7-8H,3,6,9,19H2. The second kappa shape index (κ2) is 5.37. The van der Waals surface area contributed by atoms with E-state index in [2.05, 4.69) is 0 Å². The molecule has 2 aromatic carbocycles. The second-order valence-corrected chi connectivity index (χ2v) is 5.53. The Morgan fingerprint density at radius 3 is 2.76 bits per heavy atom. The van der Waals surface area contributed by atoms with Crippen LogP contribution in [0.2, 0.25) is 5.02 Å². The number of nitrogens with zero attached hydrogens (tertiary/aromatic N) is 1. The first kappa shape index (κ1) is 13.9. The molecule has 0 aromatic heterocycles. The van der Waals surface area contributed by atoms with Crippen LogP contribution < -0.4 is 10.6 Å². The molecule has 0 aliphatic carbocycles. The average molecular weight is 305 g/mol. The van der Waals surface area contributed by atoms with Crippen LogP contribution in [0.25, 0.3) is 0 Å². The maximum absolute atomic E-state index is 13.5. The number of fused-ring (bicyclic) bond motifs is 1. The molecule has 0 radical (unpaired) electrons. The van der Waals surface area contributed by atoms with Crippen molar-refractivity contribution in [1.82, 2.24) is 0 Å². The van der Waals surface area contributed by atoms with Gasteiger partial charge in [0.1, 0.15) is 5.82 Å². The maximum atomic E-state index is 13.5. The lowest BCUT2D eigenvalue weighted by atomic mass is 10.00. The summed E-state index contributed by atoms with van der Waals surface area (Å²) in [4.78, 5) is 13.8. The van der Waals surface area contributed by atoms with Crippen LogP contribution >= 0.6 is 11.6 Å². The van der Waals surface area contributed by atoms with Gasteiger partial charge in [-0.2, -0.15) is 0 Å². The summed E-state index contributed by atoms with van der Waals surface area (Å²) in [6.07, 6.45) is 1.06. The molecule has 0 bridgehead atoms. The van der Waals surface area contributed by atoms with E-state index in [1.165, 1.54) is 12.1 Å². The molecule has 5 heteroatoms. The van der Waals surface area contributed by atoms with Crippen molar-refractivity contribution in [2.24, 2.45) is 0 Å². The molecule has 1 aliphatic rings. The van der Waals surface area contributed by atoms with Gasteiger partial charge in [0.2, 0.25) is 5.91 Å². The number of halogens is 2. The smallest absolute Gasteiger partial charge is 0.227 e. The number of aryl methyl sites for hydroxylation is 1. The van der Waals surface area contributed by atoms with Gasteiger partial charge in [0, 0.05) is 17.1 Å². The molecule has 0 atom stereocenters. The van der Waals surface area contributed by atoms with Gasteiger partial charge in [0.25, 0.3) is 0 Å². The lowest BCUT2D eigenvalue weighted by Crippen LogP contribution is -2.34. The number of amides is 1. The minimum atomic E-state index is -0.350. The molecular weight excluding hydrogens is 291 g/mol. The average Bonchev–Trinajstić information content (AvgIpc) is 2.44. The topological polar surface area (TPSA) is 46.3 Å². The Morgan fingerprint density at radius 1 is 1.19 bits per heavy atom. The summed E-state index contributed by atoms with van der Waals surface area (Å²) in [6, 6.07) is 9.72. The van der Waals surface area contributed by atoms with Crippen molar-refractivity contribution in [3.63, 3.8) is 0 Å². The predicted molar refractivity (Wildman–Crippen MR) is 81.8 cm³/mol. The Labute approximate surface area is 127 Å². The molecule has 0 saturated heterocycles. The molecule has 21 heavy (non-hydrogen) atoms. The molecule has 3 rings (SSSR count). The fourth-order valence-corrected chi connectivity index (χ4v) is 2.74. The normalized spacial score (nSPS) is 14.2. The number of anilines is 2. The number of carbonyl (C=O) groups excluding carboxylic acids is 1. The Bertz CT molecular complexity index is 717. The van der Waals surface area contributed by atoms with Gasteiger partial charge in [-0.1, -0.05) is 23.7 Å². The summed E-state index contributed by atoms with van der Waals surface area (Å²) in [5.41, 5.74) is 8.86. The van der Waals surface area contributed by atoms with E-state index in [1.807, 2.05) is 0 Å². The fourth-order valence-electron chi connectivity index (χ4n) is 2.56. The van der Waals surface area contributed by atoms with Crippen molar-refractivity contribution >= 4 is 28.9 Å². The molecule has 1 amide bonds. The van der Waals surface area contributed by atoms with Crippen LogP contribution in [0.4, 0.5) is 15.8 Å². The minimum absolute atomic E-state index is 0.0255. The van der Waals surface area contributed by atoms with E-state index in [-0.39, 0.29) is 11.7 Å². The summed E-state index contributed by atoms with van der Waals surface area (Å²) >= 11 is 5.88. The first-order valence-electron chi connectivity index (χ1n) is 6.67. The van der Waals surface area contributed by atoms with E-state index in [0.717, 1.165) is 11.1 Å². The molecule has 2 N–H and O–H groups in total. The first-order chi connectivity index (χ1) is 10.0. The number of hydrogen-bond donors (Lipinski definition) is 1. The maximum Gasteiger partial charge on any atom is 0.227 e. The van der Waals surface area contributed by atoms with Crippen molar-refractivity contribution < 1.29 is 9.18 Å². The van der Waals surface area contributed by atoms with E-state index in [1.54, 1.807) is 29.2 Å². The number of nitrogens with two attached hydrogens (primary N) is 1. The largest absolute Gasteiger partial charge is 0.398 e.